The van der Waals surface area contributed by atoms with Crippen molar-refractivity contribution < 1.29 is 23.1 Å². The van der Waals surface area contributed by atoms with Gasteiger partial charge in [-0.1, -0.05) is 50.2 Å². The minimum absolute atomic E-state index is 0.0481. The molecule has 1 aliphatic carbocycles. The number of hydrogen-bond acceptors (Lipinski definition) is 4. The van der Waals surface area contributed by atoms with Gasteiger partial charge in [-0.25, -0.2) is 0 Å². The van der Waals surface area contributed by atoms with Gasteiger partial charge in [0.15, 0.2) is 5.96 Å². The molecule has 1 heterocycles. The van der Waals surface area contributed by atoms with E-state index < -0.39 is 18.2 Å². The second-order valence-electron chi connectivity index (χ2n) is 9.73. The SMILES string of the molecule is CCC1(CC)CC(=O)N(C(CCOC(F)F)c2cccc(C(=O)N[C@H]3CCc4ccccc43)c2)C(=N)N1. The van der Waals surface area contributed by atoms with E-state index in [-0.39, 0.29) is 43.3 Å². The molecule has 0 radical (unpaired) electrons. The van der Waals surface area contributed by atoms with E-state index in [9.17, 15) is 18.4 Å². The first-order valence-corrected chi connectivity index (χ1v) is 12.8. The standard InChI is InChI=1S/C28H34F2N4O3/c1-3-28(4-2)17-24(35)34(27(31)33-28)23(14-15-37-26(29)30)19-9-7-10-20(16-19)25(36)32-22-13-12-18-8-5-6-11-21(18)22/h5-11,16,22-23,26H,3-4,12-15,17H2,1-2H3,(H2,31,33)(H,32,36)/t22-,23?/m0/s1. The van der Waals surface area contributed by atoms with E-state index in [2.05, 4.69) is 21.4 Å². The summed E-state index contributed by atoms with van der Waals surface area (Å²) < 4.78 is 30.0. The number of nitrogens with one attached hydrogen (secondary N) is 3. The van der Waals surface area contributed by atoms with Crippen LogP contribution in [0.2, 0.25) is 0 Å². The first-order valence-electron chi connectivity index (χ1n) is 12.8. The molecule has 0 bridgehead atoms. The van der Waals surface area contributed by atoms with Gasteiger partial charge in [0.25, 0.3) is 5.91 Å². The van der Waals surface area contributed by atoms with Crippen molar-refractivity contribution in [2.24, 2.45) is 0 Å². The van der Waals surface area contributed by atoms with Crippen LogP contribution in [0.1, 0.15) is 85.1 Å². The predicted molar refractivity (Wildman–Crippen MR) is 136 cm³/mol. The van der Waals surface area contributed by atoms with Gasteiger partial charge in [0.2, 0.25) is 5.91 Å². The third kappa shape index (κ3) is 5.82. The number of alkyl halides is 2. The van der Waals surface area contributed by atoms with E-state index in [1.807, 2.05) is 32.0 Å². The maximum atomic E-state index is 13.3. The van der Waals surface area contributed by atoms with Crippen LogP contribution >= 0.6 is 0 Å². The van der Waals surface area contributed by atoms with Crippen LogP contribution in [0.15, 0.2) is 48.5 Å². The molecule has 0 saturated carbocycles. The second kappa shape index (κ2) is 11.4. The molecular weight excluding hydrogens is 478 g/mol. The Labute approximate surface area is 216 Å². The third-order valence-electron chi connectivity index (χ3n) is 7.65. The number of carbonyl (C=O) groups excluding carboxylic acids is 2. The molecular formula is C28H34F2N4O3. The highest BCUT2D eigenvalue weighted by Crippen LogP contribution is 2.34. The van der Waals surface area contributed by atoms with Crippen molar-refractivity contribution in [1.82, 2.24) is 15.5 Å². The van der Waals surface area contributed by atoms with Gasteiger partial charge in [0, 0.05) is 11.1 Å². The Hall–Kier alpha value is -3.33. The van der Waals surface area contributed by atoms with Crippen LogP contribution in [-0.4, -0.2) is 41.4 Å². The molecule has 1 unspecified atom stereocenters. The lowest BCUT2D eigenvalue weighted by Gasteiger charge is -2.45. The van der Waals surface area contributed by atoms with Crippen LogP contribution in [0.4, 0.5) is 8.78 Å². The Bertz CT molecular complexity index is 1130. The molecule has 3 N–H and O–H groups in total. The smallest absolute Gasteiger partial charge is 0.345 e. The van der Waals surface area contributed by atoms with Crippen LogP contribution in [0.25, 0.3) is 0 Å². The average molecular weight is 513 g/mol. The summed E-state index contributed by atoms with van der Waals surface area (Å²) >= 11 is 0. The summed E-state index contributed by atoms with van der Waals surface area (Å²) in [6, 6.07) is 14.0. The van der Waals surface area contributed by atoms with Gasteiger partial charge < -0.3 is 15.4 Å². The van der Waals surface area contributed by atoms with Gasteiger partial charge in [-0.05, 0) is 60.9 Å². The molecule has 2 amide bonds. The molecule has 2 atom stereocenters. The van der Waals surface area contributed by atoms with Crippen LogP contribution in [0, 0.1) is 5.41 Å². The van der Waals surface area contributed by atoms with Crippen molar-refractivity contribution in [3.8, 4) is 0 Å². The van der Waals surface area contributed by atoms with Gasteiger partial charge in [0.05, 0.1) is 25.1 Å². The Kier molecular flexibility index (Phi) is 8.22. The minimum atomic E-state index is -2.94. The number of hydrogen-bond donors (Lipinski definition) is 3. The van der Waals surface area contributed by atoms with Crippen molar-refractivity contribution in [3.63, 3.8) is 0 Å². The zero-order valence-corrected chi connectivity index (χ0v) is 21.2. The fourth-order valence-corrected chi connectivity index (χ4v) is 5.41. The molecule has 0 aromatic heterocycles. The van der Waals surface area contributed by atoms with E-state index in [0.29, 0.717) is 24.0 Å². The van der Waals surface area contributed by atoms with E-state index in [0.717, 1.165) is 18.4 Å². The number of aryl methyl sites for hydroxylation is 1. The zero-order chi connectivity index (χ0) is 26.6. The van der Waals surface area contributed by atoms with E-state index in [4.69, 9.17) is 5.41 Å². The summed E-state index contributed by atoms with van der Waals surface area (Å²) in [5.74, 6) is -0.577. The molecule has 198 valence electrons. The topological polar surface area (TPSA) is 94.5 Å². The van der Waals surface area contributed by atoms with Crippen molar-refractivity contribution >= 4 is 17.8 Å². The number of amides is 2. The van der Waals surface area contributed by atoms with Crippen molar-refractivity contribution in [1.29, 1.82) is 5.41 Å². The summed E-state index contributed by atoms with van der Waals surface area (Å²) in [5, 5.41) is 14.9. The molecule has 9 heteroatoms. The minimum Gasteiger partial charge on any atom is -0.350 e. The van der Waals surface area contributed by atoms with Gasteiger partial charge in [-0.15, -0.1) is 0 Å². The monoisotopic (exact) mass is 512 g/mol. The number of guanidine groups is 1. The van der Waals surface area contributed by atoms with Crippen LogP contribution in [-0.2, 0) is 16.0 Å². The third-order valence-corrected chi connectivity index (χ3v) is 7.65. The molecule has 2 aromatic carbocycles. The van der Waals surface area contributed by atoms with Crippen molar-refractivity contribution in [3.05, 3.63) is 70.8 Å². The summed E-state index contributed by atoms with van der Waals surface area (Å²) in [4.78, 5) is 27.8. The number of benzene rings is 2. The predicted octanol–water partition coefficient (Wildman–Crippen LogP) is 5.09. The van der Waals surface area contributed by atoms with Gasteiger partial charge >= 0.3 is 6.61 Å². The van der Waals surface area contributed by atoms with Gasteiger partial charge in [-0.2, -0.15) is 8.78 Å². The molecule has 37 heavy (non-hydrogen) atoms. The zero-order valence-electron chi connectivity index (χ0n) is 21.2. The highest BCUT2D eigenvalue weighted by molar-refractivity contribution is 6.00. The number of carbonyl (C=O) groups is 2. The lowest BCUT2D eigenvalue weighted by atomic mass is 9.86. The number of halogens is 2. The highest BCUT2D eigenvalue weighted by atomic mass is 19.3. The molecule has 2 aliphatic rings. The van der Waals surface area contributed by atoms with Gasteiger partial charge in [-0.3, -0.25) is 19.9 Å². The molecule has 7 nitrogen and oxygen atoms in total. The van der Waals surface area contributed by atoms with Gasteiger partial charge in [0.1, 0.15) is 0 Å². The number of nitrogens with zero attached hydrogens (tertiary/aromatic N) is 1. The maximum Gasteiger partial charge on any atom is 0.345 e. The Morgan fingerprint density at radius 2 is 1.97 bits per heavy atom. The molecule has 2 aromatic rings. The van der Waals surface area contributed by atoms with Crippen molar-refractivity contribution in [2.75, 3.05) is 6.61 Å². The Balaban J connectivity index is 1.57. The quantitative estimate of drug-likeness (QED) is 0.413. The molecule has 1 fully saturated rings. The average Bonchev–Trinajstić information content (AvgIpc) is 3.29. The maximum absolute atomic E-state index is 13.3. The van der Waals surface area contributed by atoms with E-state index >= 15 is 0 Å². The lowest BCUT2D eigenvalue weighted by molar-refractivity contribution is -0.138. The number of fused-ring (bicyclic) bond motifs is 1. The lowest BCUT2D eigenvalue weighted by Crippen LogP contribution is -2.62. The molecule has 4 rings (SSSR count). The highest BCUT2D eigenvalue weighted by Gasteiger charge is 2.42. The van der Waals surface area contributed by atoms with Crippen LogP contribution < -0.4 is 10.6 Å². The summed E-state index contributed by atoms with van der Waals surface area (Å²) in [6.07, 6.45) is 3.30. The number of rotatable bonds is 10. The number of ether oxygens (including phenoxy) is 1. The first-order chi connectivity index (χ1) is 17.8. The van der Waals surface area contributed by atoms with E-state index in [1.54, 1.807) is 24.3 Å². The summed E-state index contributed by atoms with van der Waals surface area (Å²) in [7, 11) is 0. The summed E-state index contributed by atoms with van der Waals surface area (Å²) in [5.41, 5.74) is 2.82. The summed E-state index contributed by atoms with van der Waals surface area (Å²) in [6.45, 7) is 0.688. The normalized spacial score (nSPS) is 19.5. The van der Waals surface area contributed by atoms with Crippen LogP contribution in [0.5, 0.6) is 0 Å². The fourth-order valence-electron chi connectivity index (χ4n) is 5.41. The largest absolute Gasteiger partial charge is 0.350 e. The Morgan fingerprint density at radius 1 is 1.22 bits per heavy atom. The Morgan fingerprint density at radius 3 is 2.68 bits per heavy atom. The molecule has 1 aliphatic heterocycles. The first kappa shape index (κ1) is 26.7. The molecule has 1 saturated heterocycles. The second-order valence-corrected chi connectivity index (χ2v) is 9.73. The van der Waals surface area contributed by atoms with Crippen molar-refractivity contribution in [2.45, 2.75) is 76.6 Å². The van der Waals surface area contributed by atoms with E-state index in [1.165, 1.54) is 10.5 Å². The molecule has 0 spiro atoms. The van der Waals surface area contributed by atoms with Crippen LogP contribution in [0.3, 0.4) is 0 Å². The fraction of sp³-hybridized carbons (Fsp3) is 0.464.